The van der Waals surface area contributed by atoms with E-state index >= 15 is 0 Å². The molecule has 0 spiro atoms. The van der Waals surface area contributed by atoms with Gasteiger partial charge in [0.05, 0.1) is 5.92 Å². The molecule has 3 rings (SSSR count). The van der Waals surface area contributed by atoms with Crippen LogP contribution in [0.4, 0.5) is 0 Å². The molecule has 0 bridgehead atoms. The van der Waals surface area contributed by atoms with E-state index in [-0.39, 0.29) is 11.9 Å². The number of hydrogen-bond acceptors (Lipinski definition) is 4. The molecule has 4 nitrogen and oxygen atoms in total. The zero-order valence-corrected chi connectivity index (χ0v) is 9.82. The van der Waals surface area contributed by atoms with Crippen molar-refractivity contribution in [1.82, 2.24) is 4.98 Å². The number of pyridine rings is 1. The fraction of sp³-hybridized carbons (Fsp3) is 0.143. The number of carbonyl (C=O) groups excluding carboxylic acids is 1. The van der Waals surface area contributed by atoms with Crippen molar-refractivity contribution in [3.63, 3.8) is 0 Å². The molecule has 0 aromatic carbocycles. The summed E-state index contributed by atoms with van der Waals surface area (Å²) in [6.07, 6.45) is 8.30. The second kappa shape index (κ2) is 5.42. The molecular weight excluding hydrogens is 228 g/mol. The van der Waals surface area contributed by atoms with Gasteiger partial charge in [-0.1, -0.05) is 30.9 Å². The lowest BCUT2D eigenvalue weighted by molar-refractivity contribution is -0.138. The van der Waals surface area contributed by atoms with Gasteiger partial charge >= 0.3 is 5.97 Å². The van der Waals surface area contributed by atoms with Crippen molar-refractivity contribution in [3.05, 3.63) is 66.5 Å². The highest BCUT2D eigenvalue weighted by molar-refractivity contribution is 5.93. The highest BCUT2D eigenvalue weighted by Gasteiger charge is 2.39. The Kier molecular flexibility index (Phi) is 3.69. The van der Waals surface area contributed by atoms with E-state index in [1.807, 2.05) is 24.3 Å². The van der Waals surface area contributed by atoms with Crippen molar-refractivity contribution in [2.75, 3.05) is 0 Å². The van der Waals surface area contributed by atoms with Crippen LogP contribution < -0.4 is 5.73 Å². The van der Waals surface area contributed by atoms with Crippen molar-refractivity contribution in [1.29, 1.82) is 0 Å². The van der Waals surface area contributed by atoms with E-state index in [1.165, 1.54) is 0 Å². The number of cyclic esters (lactones) is 1. The second-order valence-electron chi connectivity index (χ2n) is 3.93. The Balaban J connectivity index is 0.000000169. The molecule has 18 heavy (non-hydrogen) atoms. The molecule has 0 radical (unpaired) electrons. The van der Waals surface area contributed by atoms with Gasteiger partial charge in [-0.3, -0.25) is 10.7 Å². The van der Waals surface area contributed by atoms with Crippen molar-refractivity contribution in [2.45, 2.75) is 6.23 Å². The Morgan fingerprint density at radius 2 is 2.00 bits per heavy atom. The van der Waals surface area contributed by atoms with Gasteiger partial charge in [0.2, 0.25) is 0 Å². The van der Waals surface area contributed by atoms with Gasteiger partial charge in [0.1, 0.15) is 0 Å². The average molecular weight is 242 g/mol. The van der Waals surface area contributed by atoms with E-state index in [9.17, 15) is 4.79 Å². The van der Waals surface area contributed by atoms with Gasteiger partial charge < -0.3 is 4.74 Å². The zero-order valence-electron chi connectivity index (χ0n) is 9.82. The van der Waals surface area contributed by atoms with Crippen molar-refractivity contribution >= 4 is 5.97 Å². The Morgan fingerprint density at radius 3 is 2.50 bits per heavy atom. The largest absolute Gasteiger partial charge is 0.442 e. The first-order valence-electron chi connectivity index (χ1n) is 5.59. The van der Waals surface area contributed by atoms with Crippen LogP contribution in [-0.4, -0.2) is 17.2 Å². The van der Waals surface area contributed by atoms with Crippen molar-refractivity contribution in [3.8, 4) is 0 Å². The van der Waals surface area contributed by atoms with Crippen LogP contribution in [0.15, 0.2) is 66.5 Å². The number of hydrogen-bond donors (Lipinski definition) is 1. The van der Waals surface area contributed by atoms with Crippen LogP contribution in [0.3, 0.4) is 0 Å². The van der Waals surface area contributed by atoms with E-state index in [0.29, 0.717) is 5.57 Å². The number of allylic oxidation sites excluding steroid dienone is 3. The smallest absolute Gasteiger partial charge is 0.336 e. The molecule has 1 aliphatic heterocycles. The Labute approximate surface area is 105 Å². The third-order valence-electron chi connectivity index (χ3n) is 2.69. The van der Waals surface area contributed by atoms with Crippen LogP contribution in [0, 0.1) is 5.92 Å². The molecule has 1 aromatic rings. The van der Waals surface area contributed by atoms with Gasteiger partial charge in [0.25, 0.3) is 0 Å². The van der Waals surface area contributed by atoms with Gasteiger partial charge in [-0.2, -0.15) is 0 Å². The molecule has 1 aliphatic carbocycles. The molecule has 2 unspecified atom stereocenters. The van der Waals surface area contributed by atoms with Crippen LogP contribution in [0.1, 0.15) is 0 Å². The van der Waals surface area contributed by atoms with E-state index in [4.69, 9.17) is 10.5 Å². The molecule has 1 fully saturated rings. The number of nitrogens with zero attached hydrogens (tertiary/aromatic N) is 1. The summed E-state index contributed by atoms with van der Waals surface area (Å²) in [5, 5.41) is 0. The summed E-state index contributed by atoms with van der Waals surface area (Å²) in [4.78, 5) is 14.9. The number of nitrogens with two attached hydrogens (primary N) is 1. The lowest BCUT2D eigenvalue weighted by atomic mass is 9.89. The van der Waals surface area contributed by atoms with Crippen molar-refractivity contribution in [2.24, 2.45) is 11.7 Å². The fourth-order valence-electron chi connectivity index (χ4n) is 1.84. The monoisotopic (exact) mass is 242 g/mol. The summed E-state index contributed by atoms with van der Waals surface area (Å²) >= 11 is 0. The molecule has 0 amide bonds. The maximum absolute atomic E-state index is 11.1. The lowest BCUT2D eigenvalue weighted by Crippen LogP contribution is -2.27. The van der Waals surface area contributed by atoms with Crippen LogP contribution in [0.25, 0.3) is 0 Å². The molecule has 92 valence electrons. The highest BCUT2D eigenvalue weighted by atomic mass is 16.6. The summed E-state index contributed by atoms with van der Waals surface area (Å²) in [5.74, 6) is -0.458. The zero-order chi connectivity index (χ0) is 13.0. The number of rotatable bonds is 0. The summed E-state index contributed by atoms with van der Waals surface area (Å²) < 4.78 is 4.85. The Hall–Kier alpha value is -2.20. The number of esters is 1. The van der Waals surface area contributed by atoms with Gasteiger partial charge in [-0.25, -0.2) is 4.79 Å². The van der Waals surface area contributed by atoms with E-state index < -0.39 is 6.23 Å². The summed E-state index contributed by atoms with van der Waals surface area (Å²) in [5.41, 5.74) is 7.05. The van der Waals surface area contributed by atoms with Gasteiger partial charge in [0.15, 0.2) is 6.23 Å². The first-order chi connectivity index (χ1) is 8.70. The molecule has 2 atom stereocenters. The number of ether oxygens (including phenoxy) is 1. The predicted octanol–water partition coefficient (Wildman–Crippen LogP) is 1.58. The van der Waals surface area contributed by atoms with Gasteiger partial charge in [0, 0.05) is 18.0 Å². The third-order valence-corrected chi connectivity index (χ3v) is 2.69. The van der Waals surface area contributed by atoms with Gasteiger partial charge in [-0.15, -0.1) is 0 Å². The standard InChI is InChI=1S/C9H9NO2.C5H5N/c1-5-3-2-4-6-7(5)8(10)12-9(6)11;1-2-4-6-5-3-1/h2-4,7-8H,1,10H2;1-5H. The number of fused-ring (bicyclic) bond motifs is 1. The van der Waals surface area contributed by atoms with Crippen LogP contribution >= 0.6 is 0 Å². The maximum atomic E-state index is 11.1. The first kappa shape index (κ1) is 12.3. The quantitative estimate of drug-likeness (QED) is 0.701. The van der Waals surface area contributed by atoms with Crippen LogP contribution in [-0.2, 0) is 9.53 Å². The molecule has 2 heterocycles. The third kappa shape index (κ3) is 2.55. The molecule has 0 saturated carbocycles. The van der Waals surface area contributed by atoms with Crippen molar-refractivity contribution < 1.29 is 9.53 Å². The summed E-state index contributed by atoms with van der Waals surface area (Å²) in [7, 11) is 0. The molecule has 4 heteroatoms. The summed E-state index contributed by atoms with van der Waals surface area (Å²) in [6, 6.07) is 5.72. The Morgan fingerprint density at radius 1 is 1.28 bits per heavy atom. The molecule has 2 aliphatic rings. The van der Waals surface area contributed by atoms with E-state index in [1.54, 1.807) is 24.5 Å². The topological polar surface area (TPSA) is 65.2 Å². The second-order valence-corrected chi connectivity index (χ2v) is 3.93. The molecule has 2 N–H and O–H groups in total. The summed E-state index contributed by atoms with van der Waals surface area (Å²) in [6.45, 7) is 3.80. The fourth-order valence-corrected chi connectivity index (χ4v) is 1.84. The minimum Gasteiger partial charge on any atom is -0.442 e. The molecular formula is C14H14N2O2. The highest BCUT2D eigenvalue weighted by Crippen LogP contribution is 2.33. The molecule has 1 aromatic heterocycles. The lowest BCUT2D eigenvalue weighted by Gasteiger charge is -2.15. The maximum Gasteiger partial charge on any atom is 0.336 e. The average Bonchev–Trinajstić information content (AvgIpc) is 2.69. The minimum atomic E-state index is -0.554. The predicted molar refractivity (Wildman–Crippen MR) is 68.2 cm³/mol. The van der Waals surface area contributed by atoms with Crippen LogP contribution in [0.5, 0.6) is 0 Å². The molecule has 1 saturated heterocycles. The van der Waals surface area contributed by atoms with E-state index in [2.05, 4.69) is 11.6 Å². The SMILES string of the molecule is C=C1C=CC=C2C(=O)OC(N)C12.c1ccncc1. The number of carbonyl (C=O) groups is 1. The minimum absolute atomic E-state index is 0.137. The number of aromatic nitrogens is 1. The van der Waals surface area contributed by atoms with Crippen LogP contribution in [0.2, 0.25) is 0 Å². The van der Waals surface area contributed by atoms with Gasteiger partial charge in [-0.05, 0) is 17.7 Å². The van der Waals surface area contributed by atoms with E-state index in [0.717, 1.165) is 5.57 Å². The Bertz CT molecular complexity index is 477. The first-order valence-corrected chi connectivity index (χ1v) is 5.59. The normalized spacial score (nSPS) is 24.6.